The minimum absolute atomic E-state index is 0.158. The summed E-state index contributed by atoms with van der Waals surface area (Å²) in [5.74, 6) is -1.01. The average molecular weight is 269 g/mol. The van der Waals surface area contributed by atoms with E-state index in [9.17, 15) is 9.59 Å². The van der Waals surface area contributed by atoms with Crippen molar-refractivity contribution in [2.24, 2.45) is 11.3 Å². The van der Waals surface area contributed by atoms with E-state index in [0.717, 1.165) is 32.1 Å². The van der Waals surface area contributed by atoms with Crippen LogP contribution in [-0.2, 0) is 14.3 Å². The summed E-state index contributed by atoms with van der Waals surface area (Å²) in [5, 5.41) is 9.03. The molecule has 1 heterocycles. The first-order chi connectivity index (χ1) is 9.09. The second-order valence-corrected chi connectivity index (χ2v) is 5.81. The average Bonchev–Trinajstić information content (AvgIpc) is 3.05. The molecule has 1 saturated carbocycles. The second-order valence-electron chi connectivity index (χ2n) is 5.81. The van der Waals surface area contributed by atoms with Crippen molar-refractivity contribution in [1.29, 1.82) is 0 Å². The molecule has 5 heteroatoms. The van der Waals surface area contributed by atoms with Crippen LogP contribution in [0, 0.1) is 11.3 Å². The standard InChI is InChI=1S/C14H23NO4/c1-19-9-7-14(5-2-3-6-14)13(18)15-8-4-11(10-15)12(16)17/h11H,2-10H2,1H3,(H,16,17). The van der Waals surface area contributed by atoms with E-state index in [0.29, 0.717) is 26.1 Å². The van der Waals surface area contributed by atoms with Gasteiger partial charge in [0.15, 0.2) is 0 Å². The van der Waals surface area contributed by atoms with E-state index < -0.39 is 5.97 Å². The number of amides is 1. The summed E-state index contributed by atoms with van der Waals surface area (Å²) in [5.41, 5.74) is -0.288. The number of hydrogen-bond acceptors (Lipinski definition) is 3. The summed E-state index contributed by atoms with van der Waals surface area (Å²) in [6.45, 7) is 1.56. The van der Waals surface area contributed by atoms with Crippen LogP contribution >= 0.6 is 0 Å². The Balaban J connectivity index is 2.02. The van der Waals surface area contributed by atoms with Gasteiger partial charge in [-0.05, 0) is 25.7 Å². The van der Waals surface area contributed by atoms with E-state index in [-0.39, 0.29) is 17.2 Å². The number of nitrogens with zero attached hydrogens (tertiary/aromatic N) is 1. The number of ether oxygens (including phenoxy) is 1. The number of aliphatic carboxylic acids is 1. The van der Waals surface area contributed by atoms with Crippen molar-refractivity contribution in [2.45, 2.75) is 38.5 Å². The SMILES string of the molecule is COCCC1(C(=O)N2CCC(C(=O)O)C2)CCCC1. The van der Waals surface area contributed by atoms with Crippen molar-refractivity contribution in [3.63, 3.8) is 0 Å². The Morgan fingerprint density at radius 3 is 2.58 bits per heavy atom. The quantitative estimate of drug-likeness (QED) is 0.821. The van der Waals surface area contributed by atoms with Crippen LogP contribution in [0.25, 0.3) is 0 Å². The van der Waals surface area contributed by atoms with Crippen LogP contribution < -0.4 is 0 Å². The summed E-state index contributed by atoms with van der Waals surface area (Å²) in [6, 6.07) is 0. The lowest BCUT2D eigenvalue weighted by Crippen LogP contribution is -2.42. The highest BCUT2D eigenvalue weighted by atomic mass is 16.5. The van der Waals surface area contributed by atoms with Crippen molar-refractivity contribution in [1.82, 2.24) is 4.90 Å². The number of rotatable bonds is 5. The monoisotopic (exact) mass is 269 g/mol. The summed E-state index contributed by atoms with van der Waals surface area (Å²) >= 11 is 0. The van der Waals surface area contributed by atoms with Gasteiger partial charge in [0, 0.05) is 26.8 Å². The van der Waals surface area contributed by atoms with E-state index in [1.807, 2.05) is 0 Å². The number of carbonyl (C=O) groups excluding carboxylic acids is 1. The highest BCUT2D eigenvalue weighted by Gasteiger charge is 2.45. The summed E-state index contributed by atoms with van der Waals surface area (Å²) in [6.07, 6.45) is 5.36. The van der Waals surface area contributed by atoms with Crippen molar-refractivity contribution < 1.29 is 19.4 Å². The molecule has 1 saturated heterocycles. The molecule has 0 aromatic heterocycles. The molecular formula is C14H23NO4. The Morgan fingerprint density at radius 2 is 2.05 bits per heavy atom. The zero-order valence-corrected chi connectivity index (χ0v) is 11.6. The maximum atomic E-state index is 12.7. The largest absolute Gasteiger partial charge is 0.481 e. The third-order valence-electron chi connectivity index (χ3n) is 4.62. The van der Waals surface area contributed by atoms with Gasteiger partial charge in [-0.25, -0.2) is 0 Å². The van der Waals surface area contributed by atoms with Gasteiger partial charge in [-0.1, -0.05) is 12.8 Å². The highest BCUT2D eigenvalue weighted by molar-refractivity contribution is 5.84. The van der Waals surface area contributed by atoms with E-state index in [2.05, 4.69) is 0 Å². The predicted molar refractivity (Wildman–Crippen MR) is 69.7 cm³/mol. The molecule has 1 atom stereocenters. The fourth-order valence-corrected chi connectivity index (χ4v) is 3.40. The number of carboxylic acids is 1. The molecule has 1 aliphatic heterocycles. The number of carboxylic acid groups (broad SMARTS) is 1. The lowest BCUT2D eigenvalue weighted by atomic mass is 9.81. The fourth-order valence-electron chi connectivity index (χ4n) is 3.40. The molecule has 0 spiro atoms. The normalized spacial score (nSPS) is 25.7. The number of likely N-dealkylation sites (tertiary alicyclic amines) is 1. The molecule has 19 heavy (non-hydrogen) atoms. The van der Waals surface area contributed by atoms with Crippen LogP contribution in [0.5, 0.6) is 0 Å². The van der Waals surface area contributed by atoms with Gasteiger partial charge in [-0.3, -0.25) is 9.59 Å². The second kappa shape index (κ2) is 5.90. The fraction of sp³-hybridized carbons (Fsp3) is 0.857. The Bertz CT molecular complexity index is 349. The third-order valence-corrected chi connectivity index (χ3v) is 4.62. The first-order valence-electron chi connectivity index (χ1n) is 7.10. The Labute approximate surface area is 113 Å². The topological polar surface area (TPSA) is 66.8 Å². The van der Waals surface area contributed by atoms with E-state index in [4.69, 9.17) is 9.84 Å². The van der Waals surface area contributed by atoms with E-state index >= 15 is 0 Å². The van der Waals surface area contributed by atoms with Gasteiger partial charge in [-0.15, -0.1) is 0 Å². The third kappa shape index (κ3) is 2.91. The lowest BCUT2D eigenvalue weighted by Gasteiger charge is -2.32. The van der Waals surface area contributed by atoms with Gasteiger partial charge in [0.25, 0.3) is 0 Å². The molecule has 0 aromatic carbocycles. The van der Waals surface area contributed by atoms with Crippen molar-refractivity contribution >= 4 is 11.9 Å². The lowest BCUT2D eigenvalue weighted by molar-refractivity contribution is -0.144. The molecule has 2 aliphatic rings. The maximum absolute atomic E-state index is 12.7. The Morgan fingerprint density at radius 1 is 1.37 bits per heavy atom. The zero-order valence-electron chi connectivity index (χ0n) is 11.6. The molecule has 1 N–H and O–H groups in total. The summed E-state index contributed by atoms with van der Waals surface area (Å²) in [4.78, 5) is 25.5. The van der Waals surface area contributed by atoms with Gasteiger partial charge >= 0.3 is 5.97 Å². The Hall–Kier alpha value is -1.10. The van der Waals surface area contributed by atoms with Crippen molar-refractivity contribution in [3.05, 3.63) is 0 Å². The molecule has 0 bridgehead atoms. The van der Waals surface area contributed by atoms with Gasteiger partial charge in [0.1, 0.15) is 0 Å². The first-order valence-corrected chi connectivity index (χ1v) is 7.10. The molecule has 0 aromatic rings. The maximum Gasteiger partial charge on any atom is 0.308 e. The first kappa shape index (κ1) is 14.3. The molecule has 1 amide bonds. The highest BCUT2D eigenvalue weighted by Crippen LogP contribution is 2.43. The van der Waals surface area contributed by atoms with E-state index in [1.165, 1.54) is 0 Å². The molecule has 108 valence electrons. The number of hydrogen-bond donors (Lipinski definition) is 1. The van der Waals surface area contributed by atoms with E-state index in [1.54, 1.807) is 12.0 Å². The van der Waals surface area contributed by atoms with Crippen LogP contribution in [-0.4, -0.2) is 48.7 Å². The predicted octanol–water partition coefficient (Wildman–Crippen LogP) is 1.52. The molecule has 5 nitrogen and oxygen atoms in total. The molecule has 0 radical (unpaired) electrons. The molecule has 2 rings (SSSR count). The number of carbonyl (C=O) groups is 2. The van der Waals surface area contributed by atoms with Gasteiger partial charge in [0.2, 0.25) is 5.91 Å². The molecular weight excluding hydrogens is 246 g/mol. The molecule has 1 unspecified atom stereocenters. The van der Waals surface area contributed by atoms with Crippen LogP contribution in [0.4, 0.5) is 0 Å². The van der Waals surface area contributed by atoms with Crippen LogP contribution in [0.1, 0.15) is 38.5 Å². The van der Waals surface area contributed by atoms with Gasteiger partial charge in [0.05, 0.1) is 11.3 Å². The van der Waals surface area contributed by atoms with Gasteiger partial charge < -0.3 is 14.7 Å². The summed E-state index contributed by atoms with van der Waals surface area (Å²) < 4.78 is 5.14. The van der Waals surface area contributed by atoms with Crippen LogP contribution in [0.2, 0.25) is 0 Å². The smallest absolute Gasteiger partial charge is 0.308 e. The van der Waals surface area contributed by atoms with Gasteiger partial charge in [-0.2, -0.15) is 0 Å². The molecule has 1 aliphatic carbocycles. The summed E-state index contributed by atoms with van der Waals surface area (Å²) in [7, 11) is 1.66. The Kier molecular flexibility index (Phi) is 4.45. The number of methoxy groups -OCH3 is 1. The molecule has 2 fully saturated rings. The van der Waals surface area contributed by atoms with Crippen LogP contribution in [0.15, 0.2) is 0 Å². The van der Waals surface area contributed by atoms with Crippen LogP contribution in [0.3, 0.4) is 0 Å². The minimum atomic E-state index is -0.785. The van der Waals surface area contributed by atoms with Crippen molar-refractivity contribution in [2.75, 3.05) is 26.8 Å². The zero-order chi connectivity index (χ0) is 13.9. The minimum Gasteiger partial charge on any atom is -0.481 e. The van der Waals surface area contributed by atoms with Crippen molar-refractivity contribution in [3.8, 4) is 0 Å².